The molecule has 1 nitrogen and oxygen atoms in total. The van der Waals surface area contributed by atoms with Crippen molar-refractivity contribution in [1.29, 1.82) is 0 Å². The van der Waals surface area contributed by atoms with Crippen molar-refractivity contribution in [2.45, 2.75) is 11.2 Å². The number of hydrogen-bond donors (Lipinski definition) is 0. The van der Waals surface area contributed by atoms with Crippen molar-refractivity contribution in [3.8, 4) is 0 Å². The van der Waals surface area contributed by atoms with Crippen LogP contribution in [0.4, 0.5) is 0 Å². The molecule has 1 aliphatic rings. The highest BCUT2D eigenvalue weighted by atomic mass is 79.9. The lowest BCUT2D eigenvalue weighted by Gasteiger charge is -2.17. The molecule has 0 fully saturated rings. The summed E-state index contributed by atoms with van der Waals surface area (Å²) >= 11 is 9.14. The molecule has 1 heterocycles. The first-order valence-electron chi connectivity index (χ1n) is 2.67. The van der Waals surface area contributed by atoms with Crippen molar-refractivity contribution in [3.05, 3.63) is 11.1 Å². The molecule has 1 unspecified atom stereocenters. The van der Waals surface area contributed by atoms with Gasteiger partial charge in [0.2, 0.25) is 0 Å². The van der Waals surface area contributed by atoms with E-state index in [2.05, 4.69) is 20.9 Å². The van der Waals surface area contributed by atoms with Crippen LogP contribution in [0.15, 0.2) is 16.1 Å². The van der Waals surface area contributed by atoms with E-state index in [0.29, 0.717) is 5.03 Å². The van der Waals surface area contributed by atoms with Gasteiger partial charge in [-0.3, -0.25) is 4.99 Å². The topological polar surface area (TPSA) is 12.4 Å². The SMILES string of the molecule is CC1(Br)C=C(Cl)C=NC1. The van der Waals surface area contributed by atoms with Gasteiger partial charge in [0.25, 0.3) is 0 Å². The zero-order valence-electron chi connectivity index (χ0n) is 5.06. The van der Waals surface area contributed by atoms with E-state index in [9.17, 15) is 0 Å². The molecular weight excluding hydrogens is 201 g/mol. The van der Waals surface area contributed by atoms with Crippen LogP contribution < -0.4 is 0 Å². The zero-order chi connectivity index (χ0) is 6.91. The summed E-state index contributed by atoms with van der Waals surface area (Å²) in [6, 6.07) is 0. The van der Waals surface area contributed by atoms with Crippen LogP contribution in [-0.2, 0) is 0 Å². The Morgan fingerprint density at radius 3 is 2.89 bits per heavy atom. The van der Waals surface area contributed by atoms with E-state index in [1.54, 1.807) is 6.21 Å². The Hall–Kier alpha value is 0.180. The Bertz CT molecular complexity index is 172. The molecule has 0 N–H and O–H groups in total. The van der Waals surface area contributed by atoms with E-state index in [1.165, 1.54) is 0 Å². The lowest BCUT2D eigenvalue weighted by Crippen LogP contribution is -2.19. The molecule has 50 valence electrons. The molecule has 9 heavy (non-hydrogen) atoms. The first-order valence-corrected chi connectivity index (χ1v) is 3.84. The Kier molecular flexibility index (Phi) is 1.97. The van der Waals surface area contributed by atoms with E-state index < -0.39 is 0 Å². The number of nitrogens with zero attached hydrogens (tertiary/aromatic N) is 1. The van der Waals surface area contributed by atoms with E-state index in [4.69, 9.17) is 11.6 Å². The van der Waals surface area contributed by atoms with Gasteiger partial charge in [0.15, 0.2) is 0 Å². The lowest BCUT2D eigenvalue weighted by molar-refractivity contribution is 0.809. The molecule has 1 aliphatic heterocycles. The maximum Gasteiger partial charge on any atom is 0.0621 e. The summed E-state index contributed by atoms with van der Waals surface area (Å²) in [6.45, 7) is 2.80. The number of rotatable bonds is 0. The predicted molar refractivity (Wildman–Crippen MR) is 44.6 cm³/mol. The minimum Gasteiger partial charge on any atom is -0.290 e. The van der Waals surface area contributed by atoms with E-state index in [0.717, 1.165) is 6.54 Å². The van der Waals surface area contributed by atoms with Crippen LogP contribution in [0.1, 0.15) is 6.92 Å². The highest BCUT2D eigenvalue weighted by Crippen LogP contribution is 2.24. The van der Waals surface area contributed by atoms with Crippen LogP contribution in [0.25, 0.3) is 0 Å². The van der Waals surface area contributed by atoms with Gasteiger partial charge in [-0.1, -0.05) is 27.5 Å². The highest BCUT2D eigenvalue weighted by Gasteiger charge is 2.18. The van der Waals surface area contributed by atoms with Crippen LogP contribution in [0.5, 0.6) is 0 Å². The average Bonchev–Trinajstić information content (AvgIpc) is 1.60. The Labute approximate surface area is 67.9 Å². The smallest absolute Gasteiger partial charge is 0.0621 e. The first kappa shape index (κ1) is 7.29. The van der Waals surface area contributed by atoms with Gasteiger partial charge in [-0.25, -0.2) is 0 Å². The Balaban J connectivity index is 2.78. The van der Waals surface area contributed by atoms with Crippen molar-refractivity contribution >= 4 is 33.7 Å². The largest absolute Gasteiger partial charge is 0.290 e. The van der Waals surface area contributed by atoms with Gasteiger partial charge in [0.1, 0.15) is 0 Å². The van der Waals surface area contributed by atoms with Gasteiger partial charge >= 0.3 is 0 Å². The summed E-state index contributed by atoms with van der Waals surface area (Å²) in [5.74, 6) is 0. The van der Waals surface area contributed by atoms with Gasteiger partial charge in [-0.15, -0.1) is 0 Å². The molecule has 1 atom stereocenters. The number of halogens is 2. The second kappa shape index (κ2) is 2.43. The van der Waals surface area contributed by atoms with Crippen LogP contribution >= 0.6 is 27.5 Å². The molecule has 0 spiro atoms. The molecule has 3 heteroatoms. The van der Waals surface area contributed by atoms with Crippen molar-refractivity contribution in [2.75, 3.05) is 6.54 Å². The van der Waals surface area contributed by atoms with Crippen molar-refractivity contribution in [1.82, 2.24) is 0 Å². The lowest BCUT2D eigenvalue weighted by atomic mass is 10.1. The maximum absolute atomic E-state index is 5.68. The second-order valence-corrected chi connectivity index (χ2v) is 4.53. The van der Waals surface area contributed by atoms with Gasteiger partial charge in [0.05, 0.1) is 15.9 Å². The number of alkyl halides is 1. The quantitative estimate of drug-likeness (QED) is 0.542. The average molecular weight is 208 g/mol. The Morgan fingerprint density at radius 1 is 1.89 bits per heavy atom. The number of dihydropyridines is 1. The fraction of sp³-hybridized carbons (Fsp3) is 0.500. The number of aliphatic imine (C=N–C) groups is 1. The molecular formula is C6H7BrClN. The molecule has 0 amide bonds. The molecule has 0 aromatic carbocycles. The fourth-order valence-corrected chi connectivity index (χ4v) is 1.51. The summed E-state index contributed by atoms with van der Waals surface area (Å²) in [7, 11) is 0. The number of hydrogen-bond acceptors (Lipinski definition) is 1. The molecule has 0 bridgehead atoms. The van der Waals surface area contributed by atoms with Crippen LogP contribution in [0, 0.1) is 0 Å². The fourth-order valence-electron chi connectivity index (χ4n) is 0.682. The third kappa shape index (κ3) is 2.11. The molecule has 0 aromatic heterocycles. The normalized spacial score (nSPS) is 34.3. The van der Waals surface area contributed by atoms with Crippen molar-refractivity contribution in [2.24, 2.45) is 4.99 Å². The van der Waals surface area contributed by atoms with Crippen LogP contribution in [-0.4, -0.2) is 17.1 Å². The first-order chi connectivity index (χ1) is 4.10. The molecule has 0 radical (unpaired) electrons. The maximum atomic E-state index is 5.68. The minimum atomic E-state index is -0.0289. The minimum absolute atomic E-state index is 0.0289. The van der Waals surface area contributed by atoms with Crippen LogP contribution in [0.2, 0.25) is 0 Å². The molecule has 0 saturated heterocycles. The second-order valence-electron chi connectivity index (χ2n) is 2.28. The third-order valence-corrected chi connectivity index (χ3v) is 1.74. The molecule has 0 aliphatic carbocycles. The monoisotopic (exact) mass is 207 g/mol. The summed E-state index contributed by atoms with van der Waals surface area (Å²) in [6.07, 6.45) is 3.62. The van der Waals surface area contributed by atoms with E-state index in [1.807, 2.05) is 13.0 Å². The predicted octanol–water partition coefficient (Wildman–Crippen LogP) is 2.35. The van der Waals surface area contributed by atoms with E-state index in [-0.39, 0.29) is 4.32 Å². The summed E-state index contributed by atoms with van der Waals surface area (Å²) < 4.78 is -0.0289. The van der Waals surface area contributed by atoms with Gasteiger partial charge < -0.3 is 0 Å². The third-order valence-electron chi connectivity index (χ3n) is 1.05. The van der Waals surface area contributed by atoms with Crippen LogP contribution in [0.3, 0.4) is 0 Å². The highest BCUT2D eigenvalue weighted by molar-refractivity contribution is 9.10. The van der Waals surface area contributed by atoms with Gasteiger partial charge in [-0.2, -0.15) is 0 Å². The molecule has 0 saturated carbocycles. The zero-order valence-corrected chi connectivity index (χ0v) is 7.41. The van der Waals surface area contributed by atoms with Crippen molar-refractivity contribution in [3.63, 3.8) is 0 Å². The standard InChI is InChI=1S/C6H7BrClN/c1-6(7)2-5(8)3-9-4-6/h2-3H,4H2,1H3. The number of allylic oxidation sites excluding steroid dienone is 1. The van der Waals surface area contributed by atoms with Gasteiger partial charge in [-0.05, 0) is 13.0 Å². The summed E-state index contributed by atoms with van der Waals surface area (Å²) in [4.78, 5) is 4.04. The summed E-state index contributed by atoms with van der Waals surface area (Å²) in [5.41, 5.74) is 0. The molecule has 1 rings (SSSR count). The Morgan fingerprint density at radius 2 is 2.56 bits per heavy atom. The van der Waals surface area contributed by atoms with E-state index >= 15 is 0 Å². The van der Waals surface area contributed by atoms with Gasteiger partial charge in [0, 0.05) is 6.21 Å². The summed E-state index contributed by atoms with van der Waals surface area (Å²) in [5, 5.41) is 0.709. The van der Waals surface area contributed by atoms with Crippen molar-refractivity contribution < 1.29 is 0 Å². The molecule has 0 aromatic rings.